The van der Waals surface area contributed by atoms with E-state index in [-0.39, 0.29) is 5.78 Å². The summed E-state index contributed by atoms with van der Waals surface area (Å²) in [6, 6.07) is 14.2. The lowest BCUT2D eigenvalue weighted by Crippen LogP contribution is -1.98. The molecule has 2 aromatic carbocycles. The number of aryl methyl sites for hydroxylation is 2. The number of ether oxygens (including phenoxy) is 2. The van der Waals surface area contributed by atoms with Crippen LogP contribution in [0.2, 0.25) is 0 Å². The first-order valence-electron chi connectivity index (χ1n) is 11.6. The van der Waals surface area contributed by atoms with Gasteiger partial charge in [-0.05, 0) is 74.1 Å². The van der Waals surface area contributed by atoms with Crippen LogP contribution in [0, 0.1) is 6.92 Å². The number of hydrogen-bond acceptors (Lipinski definition) is 3. The predicted octanol–water partition coefficient (Wildman–Crippen LogP) is 7.84. The van der Waals surface area contributed by atoms with Crippen LogP contribution in [0.1, 0.15) is 77.5 Å². The van der Waals surface area contributed by atoms with Crippen molar-refractivity contribution < 1.29 is 14.3 Å². The van der Waals surface area contributed by atoms with Gasteiger partial charge in [0.2, 0.25) is 0 Å². The highest BCUT2D eigenvalue weighted by molar-refractivity contribution is 5.91. The maximum atomic E-state index is 10.8. The number of carbonyl (C=O) groups excluding carboxylic acids is 1. The lowest BCUT2D eigenvalue weighted by Gasteiger charge is -2.09. The molecule has 172 valence electrons. The molecule has 0 amide bonds. The van der Waals surface area contributed by atoms with E-state index in [9.17, 15) is 4.79 Å². The summed E-state index contributed by atoms with van der Waals surface area (Å²) < 4.78 is 11.2. The molecule has 0 fully saturated rings. The molecule has 0 aliphatic heterocycles. The van der Waals surface area contributed by atoms with Gasteiger partial charge in [0.15, 0.2) is 5.78 Å². The molecule has 0 atom stereocenters. The van der Waals surface area contributed by atoms with Crippen molar-refractivity contribution in [3.8, 4) is 11.5 Å². The summed E-state index contributed by atoms with van der Waals surface area (Å²) in [6.07, 6.45) is 7.76. The Bertz CT molecular complexity index is 763. The van der Waals surface area contributed by atoms with Crippen LogP contribution in [0.15, 0.2) is 48.5 Å². The molecule has 0 aromatic heterocycles. The minimum Gasteiger partial charge on any atom is -0.493 e. The minimum absolute atomic E-state index is 0.0592. The van der Waals surface area contributed by atoms with E-state index in [0.29, 0.717) is 0 Å². The largest absolute Gasteiger partial charge is 0.493 e. The SMILES string of the molecule is CC.CCCCOc1ccccc1CC.CCCOc1ccc(/C=C/C(C)=O)cc1C. The molecule has 0 saturated heterocycles. The Morgan fingerprint density at radius 1 is 0.903 bits per heavy atom. The van der Waals surface area contributed by atoms with Gasteiger partial charge in [-0.25, -0.2) is 0 Å². The van der Waals surface area contributed by atoms with Crippen molar-refractivity contribution in [3.05, 3.63) is 65.2 Å². The van der Waals surface area contributed by atoms with Crippen molar-refractivity contribution in [1.29, 1.82) is 0 Å². The lowest BCUT2D eigenvalue weighted by molar-refractivity contribution is -0.112. The molecule has 0 bridgehead atoms. The number of hydrogen-bond donors (Lipinski definition) is 0. The third-order valence-corrected chi connectivity index (χ3v) is 4.28. The zero-order chi connectivity index (χ0) is 23.5. The van der Waals surface area contributed by atoms with E-state index in [2.05, 4.69) is 39.0 Å². The summed E-state index contributed by atoms with van der Waals surface area (Å²) in [4.78, 5) is 10.8. The average Bonchev–Trinajstić information content (AvgIpc) is 2.79. The van der Waals surface area contributed by atoms with Crippen LogP contribution in [-0.4, -0.2) is 19.0 Å². The van der Waals surface area contributed by atoms with Gasteiger partial charge in [-0.3, -0.25) is 4.79 Å². The second kappa shape index (κ2) is 18.2. The molecule has 0 aliphatic carbocycles. The van der Waals surface area contributed by atoms with Gasteiger partial charge in [0.05, 0.1) is 13.2 Å². The molecule has 0 spiro atoms. The van der Waals surface area contributed by atoms with E-state index in [0.717, 1.165) is 55.1 Å². The van der Waals surface area contributed by atoms with E-state index in [1.165, 1.54) is 12.0 Å². The molecule has 31 heavy (non-hydrogen) atoms. The highest BCUT2D eigenvalue weighted by atomic mass is 16.5. The first-order chi connectivity index (χ1) is 15.0. The highest BCUT2D eigenvalue weighted by Crippen LogP contribution is 2.20. The number of unbranched alkanes of at least 4 members (excludes halogenated alkanes) is 1. The smallest absolute Gasteiger partial charge is 0.152 e. The Hall–Kier alpha value is -2.55. The number of ketones is 1. The third-order valence-electron chi connectivity index (χ3n) is 4.28. The molecule has 2 rings (SSSR count). The molecular weight excluding hydrogens is 384 g/mol. The molecule has 0 aliphatic rings. The Morgan fingerprint density at radius 3 is 2.16 bits per heavy atom. The first-order valence-corrected chi connectivity index (χ1v) is 11.6. The van der Waals surface area contributed by atoms with Crippen LogP contribution in [0.4, 0.5) is 0 Å². The van der Waals surface area contributed by atoms with Crippen LogP contribution >= 0.6 is 0 Å². The van der Waals surface area contributed by atoms with Gasteiger partial charge in [-0.15, -0.1) is 0 Å². The molecule has 0 saturated carbocycles. The number of carbonyl (C=O) groups is 1. The summed E-state index contributed by atoms with van der Waals surface area (Å²) in [7, 11) is 0. The van der Waals surface area contributed by atoms with Crippen molar-refractivity contribution in [2.24, 2.45) is 0 Å². The average molecular weight is 427 g/mol. The van der Waals surface area contributed by atoms with Gasteiger partial charge >= 0.3 is 0 Å². The maximum Gasteiger partial charge on any atom is 0.152 e. The Kier molecular flexibility index (Phi) is 16.7. The summed E-state index contributed by atoms with van der Waals surface area (Å²) in [5.41, 5.74) is 3.43. The van der Waals surface area contributed by atoms with Crippen molar-refractivity contribution in [3.63, 3.8) is 0 Å². The monoisotopic (exact) mass is 426 g/mol. The van der Waals surface area contributed by atoms with Crippen molar-refractivity contribution in [2.45, 2.75) is 74.1 Å². The van der Waals surface area contributed by atoms with Gasteiger partial charge in [0.1, 0.15) is 11.5 Å². The van der Waals surface area contributed by atoms with E-state index in [4.69, 9.17) is 9.47 Å². The fourth-order valence-electron chi connectivity index (χ4n) is 2.63. The lowest BCUT2D eigenvalue weighted by atomic mass is 10.1. The second-order valence-electron chi connectivity index (χ2n) is 6.98. The van der Waals surface area contributed by atoms with Crippen molar-refractivity contribution in [2.75, 3.05) is 13.2 Å². The quantitative estimate of drug-likeness (QED) is 0.287. The summed E-state index contributed by atoms with van der Waals surface area (Å²) in [5.74, 6) is 2.03. The highest BCUT2D eigenvalue weighted by Gasteiger charge is 2.00. The third kappa shape index (κ3) is 12.7. The number of allylic oxidation sites excluding steroid dienone is 1. The number of rotatable bonds is 10. The standard InChI is InChI=1S/C14H18O2.C12H18O.C2H6/c1-4-9-16-14-8-7-13(10-11(14)2)6-5-12(3)15;1-3-5-10-13-12-9-7-6-8-11(12)4-2;1-2/h5-8,10H,4,9H2,1-3H3;6-9H,3-5,10H2,1-2H3;1-2H3/b6-5+;;. The summed E-state index contributed by atoms with van der Waals surface area (Å²) >= 11 is 0. The second-order valence-corrected chi connectivity index (χ2v) is 6.98. The van der Waals surface area contributed by atoms with Crippen molar-refractivity contribution in [1.82, 2.24) is 0 Å². The van der Waals surface area contributed by atoms with Crippen LogP contribution in [0.5, 0.6) is 11.5 Å². The Labute approximate surface area is 190 Å². The van der Waals surface area contributed by atoms with Crippen LogP contribution < -0.4 is 9.47 Å². The van der Waals surface area contributed by atoms with Gasteiger partial charge in [0, 0.05) is 0 Å². The molecule has 0 heterocycles. The van der Waals surface area contributed by atoms with Crippen LogP contribution in [0.25, 0.3) is 6.08 Å². The topological polar surface area (TPSA) is 35.5 Å². The van der Waals surface area contributed by atoms with Gasteiger partial charge in [0.25, 0.3) is 0 Å². The molecule has 0 radical (unpaired) electrons. The van der Waals surface area contributed by atoms with Crippen LogP contribution in [-0.2, 0) is 11.2 Å². The number of para-hydroxylation sites is 1. The zero-order valence-electron chi connectivity index (χ0n) is 20.7. The minimum atomic E-state index is 0.0592. The van der Waals surface area contributed by atoms with E-state index >= 15 is 0 Å². The summed E-state index contributed by atoms with van der Waals surface area (Å²) in [5, 5.41) is 0. The molecule has 2 aromatic rings. The van der Waals surface area contributed by atoms with Gasteiger partial charge in [-0.1, -0.05) is 71.4 Å². The van der Waals surface area contributed by atoms with E-state index in [1.54, 1.807) is 13.0 Å². The van der Waals surface area contributed by atoms with E-state index < -0.39 is 0 Å². The Balaban J connectivity index is 0.000000547. The van der Waals surface area contributed by atoms with Crippen molar-refractivity contribution >= 4 is 11.9 Å². The van der Waals surface area contributed by atoms with Gasteiger partial charge in [-0.2, -0.15) is 0 Å². The van der Waals surface area contributed by atoms with Crippen LogP contribution in [0.3, 0.4) is 0 Å². The zero-order valence-corrected chi connectivity index (χ0v) is 20.7. The normalized spacial score (nSPS) is 9.90. The summed E-state index contributed by atoms with van der Waals surface area (Å²) in [6.45, 7) is 15.5. The molecule has 0 unspecified atom stereocenters. The fourth-order valence-corrected chi connectivity index (χ4v) is 2.63. The maximum absolute atomic E-state index is 10.8. The first kappa shape index (κ1) is 28.5. The Morgan fingerprint density at radius 2 is 1.58 bits per heavy atom. The molecular formula is C28H42O3. The molecule has 3 nitrogen and oxygen atoms in total. The molecule has 0 N–H and O–H groups in total. The fraction of sp³-hybridized carbons (Fsp3) is 0.464. The van der Waals surface area contributed by atoms with E-state index in [1.807, 2.05) is 51.1 Å². The predicted molar refractivity (Wildman–Crippen MR) is 134 cm³/mol. The number of benzene rings is 2. The van der Waals surface area contributed by atoms with Gasteiger partial charge < -0.3 is 9.47 Å². The molecule has 3 heteroatoms.